The molecule has 0 atom stereocenters. The quantitative estimate of drug-likeness (QED) is 0.746. The Morgan fingerprint density at radius 2 is 1.88 bits per heavy atom. The number of aryl methyl sites for hydroxylation is 1. The van der Waals surface area contributed by atoms with Crippen molar-refractivity contribution in [2.45, 2.75) is 13.5 Å². The first-order valence-electron chi connectivity index (χ1n) is 7.31. The van der Waals surface area contributed by atoms with Gasteiger partial charge >= 0.3 is 0 Å². The van der Waals surface area contributed by atoms with Gasteiger partial charge in [0, 0.05) is 31.1 Å². The molecule has 0 saturated heterocycles. The number of hydrogen-bond donors (Lipinski definition) is 2. The summed E-state index contributed by atoms with van der Waals surface area (Å²) in [6, 6.07) is 8.78. The highest BCUT2D eigenvalue weighted by Gasteiger charge is 2.07. The molecule has 0 bridgehead atoms. The molecule has 0 aliphatic rings. The summed E-state index contributed by atoms with van der Waals surface area (Å²) < 4.78 is 26.7. The van der Waals surface area contributed by atoms with Crippen LogP contribution in [0.2, 0.25) is 0 Å². The zero-order valence-corrected chi connectivity index (χ0v) is 12.9. The van der Waals surface area contributed by atoms with Crippen LogP contribution in [-0.2, 0) is 6.54 Å². The Labute approximate surface area is 137 Å². The maximum absolute atomic E-state index is 13.7. The van der Waals surface area contributed by atoms with Crippen molar-refractivity contribution >= 4 is 17.3 Å². The second kappa shape index (κ2) is 6.99. The third-order valence-corrected chi connectivity index (χ3v) is 3.23. The van der Waals surface area contributed by atoms with Crippen molar-refractivity contribution in [2.24, 2.45) is 0 Å². The molecule has 7 heteroatoms. The van der Waals surface area contributed by atoms with Gasteiger partial charge in [0.2, 0.25) is 0 Å². The molecule has 24 heavy (non-hydrogen) atoms. The topological polar surface area (TPSA) is 62.7 Å². The van der Waals surface area contributed by atoms with Crippen LogP contribution in [0.4, 0.5) is 26.1 Å². The number of pyridine rings is 1. The molecule has 122 valence electrons. The minimum absolute atomic E-state index is 0.146. The Morgan fingerprint density at radius 1 is 1.04 bits per heavy atom. The van der Waals surface area contributed by atoms with Crippen LogP contribution in [-0.4, -0.2) is 15.0 Å². The lowest BCUT2D eigenvalue weighted by Gasteiger charge is -2.11. The van der Waals surface area contributed by atoms with Crippen molar-refractivity contribution in [3.05, 3.63) is 71.8 Å². The minimum atomic E-state index is -0.684. The molecule has 2 heterocycles. The van der Waals surface area contributed by atoms with Gasteiger partial charge in [-0.15, -0.1) is 0 Å². The molecule has 3 aromatic rings. The van der Waals surface area contributed by atoms with E-state index in [0.29, 0.717) is 24.0 Å². The summed E-state index contributed by atoms with van der Waals surface area (Å²) in [5.74, 6) is 0.223. The molecule has 0 spiro atoms. The first-order chi connectivity index (χ1) is 11.6. The summed E-state index contributed by atoms with van der Waals surface area (Å²) in [6.07, 6.45) is 3.46. The lowest BCUT2D eigenvalue weighted by atomic mass is 10.3. The Balaban J connectivity index is 1.76. The fraction of sp³-hybridized carbons (Fsp3) is 0.118. The van der Waals surface area contributed by atoms with Gasteiger partial charge in [-0.25, -0.2) is 18.7 Å². The van der Waals surface area contributed by atoms with Crippen molar-refractivity contribution in [3.8, 4) is 0 Å². The third kappa shape index (κ3) is 4.01. The van der Waals surface area contributed by atoms with Crippen LogP contribution in [0, 0.1) is 18.6 Å². The second-order valence-electron chi connectivity index (χ2n) is 5.15. The molecule has 2 aromatic heterocycles. The van der Waals surface area contributed by atoms with Crippen molar-refractivity contribution < 1.29 is 8.78 Å². The molecule has 0 unspecified atom stereocenters. The van der Waals surface area contributed by atoms with E-state index in [0.717, 1.165) is 11.6 Å². The average molecular weight is 327 g/mol. The summed E-state index contributed by atoms with van der Waals surface area (Å²) in [6.45, 7) is 2.29. The molecule has 1 aromatic carbocycles. The van der Waals surface area contributed by atoms with Gasteiger partial charge in [-0.3, -0.25) is 4.98 Å². The molecular weight excluding hydrogens is 312 g/mol. The van der Waals surface area contributed by atoms with Gasteiger partial charge in [0.15, 0.2) is 0 Å². The predicted octanol–water partition coefficient (Wildman–Crippen LogP) is 3.81. The largest absolute Gasteiger partial charge is 0.366 e. The number of nitrogens with zero attached hydrogens (tertiary/aromatic N) is 3. The van der Waals surface area contributed by atoms with Gasteiger partial charge in [0.05, 0.1) is 5.69 Å². The van der Waals surface area contributed by atoms with Crippen LogP contribution in [0.3, 0.4) is 0 Å². The Hall–Kier alpha value is -3.09. The fourth-order valence-corrected chi connectivity index (χ4v) is 2.15. The van der Waals surface area contributed by atoms with E-state index in [1.165, 1.54) is 12.1 Å². The highest BCUT2D eigenvalue weighted by molar-refractivity contribution is 5.59. The maximum atomic E-state index is 13.7. The first kappa shape index (κ1) is 15.8. The number of benzene rings is 1. The van der Waals surface area contributed by atoms with Gasteiger partial charge in [-0.2, -0.15) is 0 Å². The fourth-order valence-electron chi connectivity index (χ4n) is 2.15. The van der Waals surface area contributed by atoms with Crippen LogP contribution in [0.1, 0.15) is 11.4 Å². The van der Waals surface area contributed by atoms with Crippen LogP contribution < -0.4 is 10.6 Å². The molecule has 0 radical (unpaired) electrons. The number of rotatable bonds is 5. The van der Waals surface area contributed by atoms with E-state index in [1.807, 2.05) is 12.1 Å². The van der Waals surface area contributed by atoms with Gasteiger partial charge < -0.3 is 10.6 Å². The van der Waals surface area contributed by atoms with E-state index in [9.17, 15) is 8.78 Å². The molecule has 0 amide bonds. The van der Waals surface area contributed by atoms with Gasteiger partial charge in [-0.1, -0.05) is 6.07 Å². The van der Waals surface area contributed by atoms with Crippen molar-refractivity contribution in [3.63, 3.8) is 0 Å². The van der Waals surface area contributed by atoms with E-state index in [2.05, 4.69) is 25.6 Å². The maximum Gasteiger partial charge on any atom is 0.149 e. The Kier molecular flexibility index (Phi) is 4.60. The minimum Gasteiger partial charge on any atom is -0.366 e. The van der Waals surface area contributed by atoms with E-state index in [4.69, 9.17) is 0 Å². The summed E-state index contributed by atoms with van der Waals surface area (Å²) >= 11 is 0. The van der Waals surface area contributed by atoms with Crippen LogP contribution in [0.5, 0.6) is 0 Å². The molecule has 0 aliphatic heterocycles. The van der Waals surface area contributed by atoms with Crippen LogP contribution in [0.25, 0.3) is 0 Å². The molecule has 2 N–H and O–H groups in total. The zero-order valence-electron chi connectivity index (χ0n) is 12.9. The number of hydrogen-bond acceptors (Lipinski definition) is 5. The lowest BCUT2D eigenvalue weighted by molar-refractivity contribution is 0.586. The molecule has 5 nitrogen and oxygen atoms in total. The van der Waals surface area contributed by atoms with E-state index in [1.54, 1.807) is 25.4 Å². The van der Waals surface area contributed by atoms with Crippen molar-refractivity contribution in [1.29, 1.82) is 0 Å². The predicted molar refractivity (Wildman–Crippen MR) is 88.0 cm³/mol. The van der Waals surface area contributed by atoms with Gasteiger partial charge in [0.1, 0.15) is 29.1 Å². The molecular formula is C17H15F2N5. The smallest absolute Gasteiger partial charge is 0.149 e. The van der Waals surface area contributed by atoms with Crippen LogP contribution >= 0.6 is 0 Å². The monoisotopic (exact) mass is 327 g/mol. The Morgan fingerprint density at radius 3 is 2.62 bits per heavy atom. The number of aromatic nitrogens is 3. The summed E-state index contributed by atoms with van der Waals surface area (Å²) in [5.41, 5.74) is 1.15. The van der Waals surface area contributed by atoms with E-state index < -0.39 is 11.6 Å². The van der Waals surface area contributed by atoms with Crippen LogP contribution in [0.15, 0.2) is 48.8 Å². The lowest BCUT2D eigenvalue weighted by Crippen LogP contribution is -2.05. The highest BCUT2D eigenvalue weighted by atomic mass is 19.1. The molecule has 3 rings (SSSR count). The summed E-state index contributed by atoms with van der Waals surface area (Å²) in [5, 5.41) is 6.00. The van der Waals surface area contributed by atoms with Gasteiger partial charge in [-0.05, 0) is 30.7 Å². The normalized spacial score (nSPS) is 10.5. The third-order valence-electron chi connectivity index (χ3n) is 3.23. The SMILES string of the molecule is Cc1nc(NCc2cccnc2)cc(Nc2ccc(F)cc2F)n1. The second-order valence-corrected chi connectivity index (χ2v) is 5.15. The molecule has 0 fully saturated rings. The van der Waals surface area contributed by atoms with E-state index >= 15 is 0 Å². The zero-order chi connectivity index (χ0) is 16.9. The van der Waals surface area contributed by atoms with Crippen molar-refractivity contribution in [1.82, 2.24) is 15.0 Å². The van der Waals surface area contributed by atoms with Gasteiger partial charge in [0.25, 0.3) is 0 Å². The van der Waals surface area contributed by atoms with Crippen molar-refractivity contribution in [2.75, 3.05) is 10.6 Å². The molecule has 0 aliphatic carbocycles. The summed E-state index contributed by atoms with van der Waals surface area (Å²) in [4.78, 5) is 12.6. The standard InChI is InChI=1S/C17H15F2N5/c1-11-22-16(21-10-12-3-2-6-20-9-12)8-17(23-11)24-15-5-4-13(18)7-14(15)19/h2-9H,10H2,1H3,(H2,21,22,23,24). The Bertz CT molecular complexity index is 840. The highest BCUT2D eigenvalue weighted by Crippen LogP contribution is 2.21. The number of halogens is 2. The number of nitrogens with one attached hydrogen (secondary N) is 2. The van der Waals surface area contributed by atoms with E-state index in [-0.39, 0.29) is 5.69 Å². The first-order valence-corrected chi connectivity index (χ1v) is 7.31. The molecule has 0 saturated carbocycles. The summed E-state index contributed by atoms with van der Waals surface area (Å²) in [7, 11) is 0. The average Bonchev–Trinajstić information content (AvgIpc) is 2.56. The number of anilines is 3.